The highest BCUT2D eigenvalue weighted by Gasteiger charge is 2.38. The summed E-state index contributed by atoms with van der Waals surface area (Å²) in [6, 6.07) is 5.90. The number of amides is 1. The number of nitrogens with one attached hydrogen (secondary N) is 1. The summed E-state index contributed by atoms with van der Waals surface area (Å²) in [5.74, 6) is 0.601. The molecule has 0 unspecified atom stereocenters. The van der Waals surface area contributed by atoms with Gasteiger partial charge < -0.3 is 11.1 Å². The first-order valence-electron chi connectivity index (χ1n) is 7.54. The number of carbonyl (C=O) groups is 1. The second-order valence-corrected chi connectivity index (χ2v) is 6.84. The summed E-state index contributed by atoms with van der Waals surface area (Å²) in [5.41, 5.74) is 8.20. The first-order chi connectivity index (χ1) is 9.84. The molecule has 1 aliphatic carbocycles. The highest BCUT2D eigenvalue weighted by atomic mass is 32.1. The zero-order chi connectivity index (χ0) is 15.6. The minimum absolute atomic E-state index is 0.0708. The Morgan fingerprint density at radius 1 is 1.33 bits per heavy atom. The van der Waals surface area contributed by atoms with Crippen LogP contribution in [-0.4, -0.2) is 16.4 Å². The molecule has 21 heavy (non-hydrogen) atoms. The topological polar surface area (TPSA) is 55.1 Å². The summed E-state index contributed by atoms with van der Waals surface area (Å²) in [4.78, 5) is 13.1. The van der Waals surface area contributed by atoms with Crippen molar-refractivity contribution in [3.8, 4) is 0 Å². The zero-order valence-electron chi connectivity index (χ0n) is 13.0. The number of thiocarbonyl (C=S) groups is 1. The Hall–Kier alpha value is -1.42. The van der Waals surface area contributed by atoms with E-state index in [1.807, 2.05) is 32.0 Å². The van der Waals surface area contributed by atoms with Crippen molar-refractivity contribution >= 4 is 23.1 Å². The van der Waals surface area contributed by atoms with Gasteiger partial charge in [0.2, 0.25) is 0 Å². The van der Waals surface area contributed by atoms with Gasteiger partial charge in [-0.25, -0.2) is 0 Å². The van der Waals surface area contributed by atoms with Crippen molar-refractivity contribution in [3.63, 3.8) is 0 Å². The van der Waals surface area contributed by atoms with Crippen LogP contribution in [0.25, 0.3) is 0 Å². The average molecular weight is 304 g/mol. The molecular formula is C17H24N2OS. The second-order valence-electron chi connectivity index (χ2n) is 6.40. The quantitative estimate of drug-likeness (QED) is 0.843. The molecule has 3 nitrogen and oxygen atoms in total. The maximum Gasteiger partial charge on any atom is 0.252 e. The van der Waals surface area contributed by atoms with Crippen LogP contribution in [-0.2, 0) is 0 Å². The number of hydrogen-bond donors (Lipinski definition) is 2. The first-order valence-corrected chi connectivity index (χ1v) is 7.94. The molecule has 3 N–H and O–H groups in total. The molecule has 0 saturated heterocycles. The van der Waals surface area contributed by atoms with E-state index in [1.54, 1.807) is 0 Å². The van der Waals surface area contributed by atoms with Gasteiger partial charge in [-0.15, -0.1) is 0 Å². The number of carbonyl (C=O) groups excluding carboxylic acids is 1. The van der Waals surface area contributed by atoms with E-state index < -0.39 is 5.54 Å². The fraction of sp³-hybridized carbons (Fsp3) is 0.529. The van der Waals surface area contributed by atoms with Crippen LogP contribution in [0.4, 0.5) is 0 Å². The van der Waals surface area contributed by atoms with E-state index in [-0.39, 0.29) is 5.91 Å². The van der Waals surface area contributed by atoms with Gasteiger partial charge >= 0.3 is 0 Å². The number of aryl methyl sites for hydroxylation is 2. The lowest BCUT2D eigenvalue weighted by Gasteiger charge is -2.39. The third kappa shape index (κ3) is 3.43. The lowest BCUT2D eigenvalue weighted by molar-refractivity contribution is 0.0900. The zero-order valence-corrected chi connectivity index (χ0v) is 13.8. The standard InChI is InChI=1S/C17H24N2OS/c1-11-6-8-17(9-7-11,16(18)21)19-15(20)14-10-12(2)4-5-13(14)3/h4-5,10-11H,6-9H2,1-3H3,(H2,18,21)(H,19,20). The maximum atomic E-state index is 12.7. The summed E-state index contributed by atoms with van der Waals surface area (Å²) < 4.78 is 0. The van der Waals surface area contributed by atoms with Crippen LogP contribution in [0.15, 0.2) is 18.2 Å². The predicted octanol–water partition coefficient (Wildman–Crippen LogP) is 3.27. The Balaban J connectivity index is 2.23. The van der Waals surface area contributed by atoms with E-state index in [9.17, 15) is 4.79 Å². The molecule has 1 aromatic carbocycles. The van der Waals surface area contributed by atoms with Crippen molar-refractivity contribution < 1.29 is 4.79 Å². The van der Waals surface area contributed by atoms with Gasteiger partial charge in [0.25, 0.3) is 5.91 Å². The van der Waals surface area contributed by atoms with E-state index in [4.69, 9.17) is 18.0 Å². The van der Waals surface area contributed by atoms with Crippen molar-refractivity contribution in [3.05, 3.63) is 34.9 Å². The van der Waals surface area contributed by atoms with Crippen molar-refractivity contribution in [1.29, 1.82) is 0 Å². The van der Waals surface area contributed by atoms with Crippen LogP contribution in [0.2, 0.25) is 0 Å². The fourth-order valence-electron chi connectivity index (χ4n) is 2.95. The Morgan fingerprint density at radius 2 is 1.95 bits per heavy atom. The van der Waals surface area contributed by atoms with Crippen LogP contribution >= 0.6 is 12.2 Å². The van der Waals surface area contributed by atoms with Gasteiger partial charge in [0.1, 0.15) is 0 Å². The number of rotatable bonds is 3. The van der Waals surface area contributed by atoms with Gasteiger partial charge in [-0.2, -0.15) is 0 Å². The largest absolute Gasteiger partial charge is 0.391 e. The SMILES string of the molecule is Cc1ccc(C)c(C(=O)NC2(C(N)=S)CCC(C)CC2)c1. The van der Waals surface area contributed by atoms with Gasteiger partial charge in [-0.05, 0) is 57.1 Å². The number of benzene rings is 1. The van der Waals surface area contributed by atoms with Gasteiger partial charge in [0, 0.05) is 5.56 Å². The highest BCUT2D eigenvalue weighted by molar-refractivity contribution is 7.80. The monoisotopic (exact) mass is 304 g/mol. The summed E-state index contributed by atoms with van der Waals surface area (Å²) in [6.45, 7) is 6.17. The molecular weight excluding hydrogens is 280 g/mol. The molecule has 0 bridgehead atoms. The molecule has 1 saturated carbocycles. The van der Waals surface area contributed by atoms with Gasteiger partial charge in [0.15, 0.2) is 0 Å². The van der Waals surface area contributed by atoms with E-state index >= 15 is 0 Å². The van der Waals surface area contributed by atoms with Crippen molar-refractivity contribution in [1.82, 2.24) is 5.32 Å². The molecule has 0 heterocycles. The Bertz CT molecular complexity index is 560. The van der Waals surface area contributed by atoms with E-state index in [2.05, 4.69) is 12.2 Å². The van der Waals surface area contributed by atoms with Crippen molar-refractivity contribution in [2.75, 3.05) is 0 Å². The molecule has 1 fully saturated rings. The predicted molar refractivity (Wildman–Crippen MR) is 90.5 cm³/mol. The minimum atomic E-state index is -0.519. The second kappa shape index (κ2) is 6.14. The summed E-state index contributed by atoms with van der Waals surface area (Å²) >= 11 is 5.26. The number of nitrogens with two attached hydrogens (primary N) is 1. The normalized spacial score (nSPS) is 25.4. The minimum Gasteiger partial charge on any atom is -0.391 e. The van der Waals surface area contributed by atoms with E-state index in [0.29, 0.717) is 16.5 Å². The van der Waals surface area contributed by atoms with Crippen LogP contribution < -0.4 is 11.1 Å². The molecule has 1 amide bonds. The van der Waals surface area contributed by atoms with Crippen LogP contribution in [0.1, 0.15) is 54.1 Å². The Morgan fingerprint density at radius 3 is 2.52 bits per heavy atom. The summed E-state index contributed by atoms with van der Waals surface area (Å²) in [5, 5.41) is 3.13. The van der Waals surface area contributed by atoms with E-state index in [0.717, 1.165) is 36.8 Å². The Kier molecular flexibility index (Phi) is 4.67. The highest BCUT2D eigenvalue weighted by Crippen LogP contribution is 2.32. The number of hydrogen-bond acceptors (Lipinski definition) is 2. The van der Waals surface area contributed by atoms with Crippen LogP contribution in [0, 0.1) is 19.8 Å². The smallest absolute Gasteiger partial charge is 0.252 e. The average Bonchev–Trinajstić information content (AvgIpc) is 2.44. The molecule has 0 aromatic heterocycles. The van der Waals surface area contributed by atoms with Gasteiger partial charge in [-0.1, -0.05) is 36.8 Å². The molecule has 4 heteroatoms. The lowest BCUT2D eigenvalue weighted by atomic mass is 9.77. The lowest BCUT2D eigenvalue weighted by Crippen LogP contribution is -2.58. The van der Waals surface area contributed by atoms with Crippen molar-refractivity contribution in [2.45, 2.75) is 52.0 Å². The van der Waals surface area contributed by atoms with Gasteiger partial charge in [0.05, 0.1) is 10.5 Å². The third-order valence-electron chi connectivity index (χ3n) is 4.59. The maximum absolute atomic E-state index is 12.7. The molecule has 2 rings (SSSR count). The molecule has 0 radical (unpaired) electrons. The molecule has 0 atom stereocenters. The molecule has 0 spiro atoms. The molecule has 1 aromatic rings. The van der Waals surface area contributed by atoms with E-state index in [1.165, 1.54) is 0 Å². The van der Waals surface area contributed by atoms with Crippen molar-refractivity contribution in [2.24, 2.45) is 11.7 Å². The third-order valence-corrected chi connectivity index (χ3v) is 4.98. The van der Waals surface area contributed by atoms with Gasteiger partial charge in [-0.3, -0.25) is 4.79 Å². The molecule has 114 valence electrons. The Labute approximate surface area is 132 Å². The molecule has 0 aliphatic heterocycles. The van der Waals surface area contributed by atoms with Crippen LogP contribution in [0.5, 0.6) is 0 Å². The van der Waals surface area contributed by atoms with Crippen LogP contribution in [0.3, 0.4) is 0 Å². The first kappa shape index (κ1) is 16.0. The molecule has 1 aliphatic rings. The summed E-state index contributed by atoms with van der Waals surface area (Å²) in [7, 11) is 0. The summed E-state index contributed by atoms with van der Waals surface area (Å²) in [6.07, 6.45) is 3.76. The fourth-order valence-corrected chi connectivity index (χ4v) is 3.21.